The minimum Gasteiger partial charge on any atom is -0.495 e. The van der Waals surface area contributed by atoms with Crippen molar-refractivity contribution >= 4 is 16.0 Å². The lowest BCUT2D eigenvalue weighted by Gasteiger charge is -2.29. The SMILES string of the molecule is COC(=O)C1CCCCC1CNS(=O)(=O)c1cc(C)ccc1OC. The molecule has 1 aliphatic rings. The van der Waals surface area contributed by atoms with Crippen LogP contribution in [-0.4, -0.2) is 35.2 Å². The van der Waals surface area contributed by atoms with E-state index in [1.807, 2.05) is 6.92 Å². The van der Waals surface area contributed by atoms with Crippen LogP contribution in [0.25, 0.3) is 0 Å². The van der Waals surface area contributed by atoms with Gasteiger partial charge >= 0.3 is 5.97 Å². The van der Waals surface area contributed by atoms with Gasteiger partial charge in [-0.25, -0.2) is 13.1 Å². The van der Waals surface area contributed by atoms with Crippen LogP contribution >= 0.6 is 0 Å². The standard InChI is InChI=1S/C17H25NO5S/c1-12-8-9-15(22-2)16(10-12)24(20,21)18-11-13-6-4-5-7-14(13)17(19)23-3/h8-10,13-14,18H,4-7,11H2,1-3H3. The number of aryl methyl sites for hydroxylation is 1. The fourth-order valence-electron chi connectivity index (χ4n) is 3.20. The Morgan fingerprint density at radius 2 is 1.96 bits per heavy atom. The Balaban J connectivity index is 2.15. The Morgan fingerprint density at radius 1 is 1.25 bits per heavy atom. The Hall–Kier alpha value is -1.60. The van der Waals surface area contributed by atoms with Gasteiger partial charge in [-0.2, -0.15) is 0 Å². The van der Waals surface area contributed by atoms with E-state index in [9.17, 15) is 13.2 Å². The monoisotopic (exact) mass is 355 g/mol. The summed E-state index contributed by atoms with van der Waals surface area (Å²) in [5.74, 6) is -0.240. The largest absolute Gasteiger partial charge is 0.495 e. The van der Waals surface area contributed by atoms with Gasteiger partial charge in [0.1, 0.15) is 10.6 Å². The molecular weight excluding hydrogens is 330 g/mol. The molecule has 1 N–H and O–H groups in total. The highest BCUT2D eigenvalue weighted by atomic mass is 32.2. The molecule has 0 spiro atoms. The molecule has 7 heteroatoms. The third kappa shape index (κ3) is 4.27. The van der Waals surface area contributed by atoms with Crippen molar-refractivity contribution in [3.63, 3.8) is 0 Å². The molecule has 2 atom stereocenters. The molecule has 1 aromatic rings. The molecule has 0 heterocycles. The fourth-order valence-corrected chi connectivity index (χ4v) is 4.55. The number of ether oxygens (including phenoxy) is 2. The van der Waals surface area contributed by atoms with E-state index in [1.165, 1.54) is 14.2 Å². The molecule has 0 bridgehead atoms. The zero-order valence-electron chi connectivity index (χ0n) is 14.4. The van der Waals surface area contributed by atoms with E-state index in [1.54, 1.807) is 18.2 Å². The van der Waals surface area contributed by atoms with Crippen molar-refractivity contribution in [1.29, 1.82) is 0 Å². The van der Waals surface area contributed by atoms with Gasteiger partial charge < -0.3 is 9.47 Å². The molecule has 0 aromatic heterocycles. The number of hydrogen-bond acceptors (Lipinski definition) is 5. The highest BCUT2D eigenvalue weighted by Gasteiger charge is 2.33. The van der Waals surface area contributed by atoms with Crippen molar-refractivity contribution in [3.05, 3.63) is 23.8 Å². The van der Waals surface area contributed by atoms with Crippen LogP contribution in [0.5, 0.6) is 5.75 Å². The minimum atomic E-state index is -3.71. The first-order valence-corrected chi connectivity index (χ1v) is 9.59. The Bertz CT molecular complexity index is 686. The number of sulfonamides is 1. The maximum Gasteiger partial charge on any atom is 0.308 e. The van der Waals surface area contributed by atoms with Crippen LogP contribution in [0.1, 0.15) is 31.2 Å². The second-order valence-corrected chi connectivity index (χ2v) is 7.92. The molecule has 1 saturated carbocycles. The van der Waals surface area contributed by atoms with Gasteiger partial charge in [-0.1, -0.05) is 18.9 Å². The van der Waals surface area contributed by atoms with Crippen LogP contribution in [-0.2, 0) is 19.6 Å². The predicted molar refractivity (Wildman–Crippen MR) is 90.4 cm³/mol. The van der Waals surface area contributed by atoms with Gasteiger partial charge in [0.2, 0.25) is 10.0 Å². The summed E-state index contributed by atoms with van der Waals surface area (Å²) < 4.78 is 37.9. The molecule has 134 valence electrons. The molecule has 0 saturated heterocycles. The van der Waals surface area contributed by atoms with Gasteiger partial charge in [-0.05, 0) is 43.4 Å². The predicted octanol–water partition coefficient (Wildman–Crippen LogP) is 2.26. The number of esters is 1. The van der Waals surface area contributed by atoms with E-state index in [4.69, 9.17) is 9.47 Å². The zero-order chi connectivity index (χ0) is 17.7. The van der Waals surface area contributed by atoms with Crippen LogP contribution < -0.4 is 9.46 Å². The summed E-state index contributed by atoms with van der Waals surface area (Å²) >= 11 is 0. The van der Waals surface area contributed by atoms with E-state index in [-0.39, 0.29) is 29.2 Å². The maximum absolute atomic E-state index is 12.6. The highest BCUT2D eigenvalue weighted by Crippen LogP contribution is 2.31. The lowest BCUT2D eigenvalue weighted by atomic mass is 9.79. The van der Waals surface area contributed by atoms with Crippen molar-refractivity contribution in [2.24, 2.45) is 11.8 Å². The first-order chi connectivity index (χ1) is 11.4. The molecular formula is C17H25NO5S. The van der Waals surface area contributed by atoms with Gasteiger partial charge in [0, 0.05) is 6.54 Å². The topological polar surface area (TPSA) is 81.7 Å². The van der Waals surface area contributed by atoms with Crippen LogP contribution in [0, 0.1) is 18.8 Å². The third-order valence-corrected chi connectivity index (χ3v) is 6.00. The third-order valence-electron chi connectivity index (χ3n) is 4.56. The lowest BCUT2D eigenvalue weighted by molar-refractivity contribution is -0.148. The van der Waals surface area contributed by atoms with Crippen LogP contribution in [0.3, 0.4) is 0 Å². The Labute approximate surface area is 143 Å². The number of methoxy groups -OCH3 is 2. The Morgan fingerprint density at radius 3 is 2.62 bits per heavy atom. The lowest BCUT2D eigenvalue weighted by Crippen LogP contribution is -2.37. The summed E-state index contributed by atoms with van der Waals surface area (Å²) in [5, 5.41) is 0. The van der Waals surface area contributed by atoms with Gasteiger partial charge in [0.25, 0.3) is 0 Å². The van der Waals surface area contributed by atoms with Crippen molar-refractivity contribution in [2.75, 3.05) is 20.8 Å². The van der Waals surface area contributed by atoms with Crippen molar-refractivity contribution in [3.8, 4) is 5.75 Å². The second-order valence-electron chi connectivity index (χ2n) is 6.18. The molecule has 2 unspecified atom stereocenters. The number of rotatable bonds is 6. The van der Waals surface area contributed by atoms with Crippen molar-refractivity contribution < 1.29 is 22.7 Å². The number of carbonyl (C=O) groups excluding carboxylic acids is 1. The average molecular weight is 355 g/mol. The summed E-state index contributed by atoms with van der Waals surface area (Å²) in [4.78, 5) is 12.0. The summed E-state index contributed by atoms with van der Waals surface area (Å²) in [5.41, 5.74) is 0.835. The van der Waals surface area contributed by atoms with Crippen molar-refractivity contribution in [2.45, 2.75) is 37.5 Å². The average Bonchev–Trinajstić information content (AvgIpc) is 2.59. The van der Waals surface area contributed by atoms with Gasteiger partial charge in [0.05, 0.1) is 20.1 Å². The van der Waals surface area contributed by atoms with E-state index in [0.29, 0.717) is 5.75 Å². The smallest absolute Gasteiger partial charge is 0.308 e. The molecule has 6 nitrogen and oxygen atoms in total. The van der Waals surface area contributed by atoms with Crippen LogP contribution in [0.2, 0.25) is 0 Å². The minimum absolute atomic E-state index is 0.0446. The first-order valence-electron chi connectivity index (χ1n) is 8.11. The molecule has 2 rings (SSSR count). The first kappa shape index (κ1) is 18.7. The molecule has 0 radical (unpaired) electrons. The summed E-state index contributed by atoms with van der Waals surface area (Å²) in [6.07, 6.45) is 3.52. The molecule has 24 heavy (non-hydrogen) atoms. The van der Waals surface area contributed by atoms with Gasteiger partial charge in [-0.15, -0.1) is 0 Å². The number of hydrogen-bond donors (Lipinski definition) is 1. The van der Waals surface area contributed by atoms with E-state index >= 15 is 0 Å². The molecule has 1 fully saturated rings. The van der Waals surface area contributed by atoms with Crippen molar-refractivity contribution in [1.82, 2.24) is 4.72 Å². The Kier molecular flexibility index (Phi) is 6.23. The maximum atomic E-state index is 12.6. The number of nitrogens with one attached hydrogen (secondary N) is 1. The molecule has 0 amide bonds. The summed E-state index contributed by atoms with van der Waals surface area (Å²) in [7, 11) is -0.894. The zero-order valence-corrected chi connectivity index (χ0v) is 15.2. The summed E-state index contributed by atoms with van der Waals surface area (Å²) in [6, 6.07) is 5.02. The van der Waals surface area contributed by atoms with E-state index < -0.39 is 10.0 Å². The normalized spacial score (nSPS) is 21.3. The van der Waals surface area contributed by atoms with E-state index in [2.05, 4.69) is 4.72 Å². The number of benzene rings is 1. The van der Waals surface area contributed by atoms with E-state index in [0.717, 1.165) is 31.2 Å². The van der Waals surface area contributed by atoms with Gasteiger partial charge in [-0.3, -0.25) is 4.79 Å². The summed E-state index contributed by atoms with van der Waals surface area (Å²) in [6.45, 7) is 2.05. The molecule has 0 aliphatic heterocycles. The molecule has 1 aromatic carbocycles. The van der Waals surface area contributed by atoms with Crippen LogP contribution in [0.15, 0.2) is 23.1 Å². The fraction of sp³-hybridized carbons (Fsp3) is 0.588. The van der Waals surface area contributed by atoms with Crippen LogP contribution in [0.4, 0.5) is 0 Å². The molecule has 1 aliphatic carbocycles. The van der Waals surface area contributed by atoms with Gasteiger partial charge in [0.15, 0.2) is 0 Å². The quantitative estimate of drug-likeness (QED) is 0.792. The highest BCUT2D eigenvalue weighted by molar-refractivity contribution is 7.89. The number of carbonyl (C=O) groups is 1. The second kappa shape index (κ2) is 7.98.